The summed E-state index contributed by atoms with van der Waals surface area (Å²) in [6, 6.07) is 1.78. The average Bonchev–Trinajstić information content (AvgIpc) is 2.95. The Morgan fingerprint density at radius 2 is 2.50 bits per heavy atom. The first kappa shape index (κ1) is 10.6. The first-order valence-electron chi connectivity index (χ1n) is 5.11. The highest BCUT2D eigenvalue weighted by Gasteiger charge is 2.23. The van der Waals surface area contributed by atoms with Crippen LogP contribution < -0.4 is 0 Å². The van der Waals surface area contributed by atoms with Crippen molar-refractivity contribution in [2.24, 2.45) is 0 Å². The van der Waals surface area contributed by atoms with Crippen molar-refractivity contribution >= 4 is 11.9 Å². The van der Waals surface area contributed by atoms with Gasteiger partial charge in [-0.25, -0.2) is 9.59 Å². The van der Waals surface area contributed by atoms with Gasteiger partial charge in [-0.15, -0.1) is 0 Å². The molecule has 1 fully saturated rings. The van der Waals surface area contributed by atoms with Gasteiger partial charge in [-0.2, -0.15) is 5.10 Å². The molecule has 0 saturated heterocycles. The van der Waals surface area contributed by atoms with Crippen LogP contribution in [-0.2, 0) is 9.53 Å². The Morgan fingerprint density at radius 1 is 1.69 bits per heavy atom. The largest absolute Gasteiger partial charge is 0.464 e. The molecule has 16 heavy (non-hydrogen) atoms. The van der Waals surface area contributed by atoms with E-state index in [0.29, 0.717) is 12.1 Å². The maximum Gasteiger partial charge on any atom is 0.358 e. The van der Waals surface area contributed by atoms with Gasteiger partial charge in [-0.1, -0.05) is 0 Å². The van der Waals surface area contributed by atoms with E-state index in [0.717, 1.165) is 18.4 Å². The third kappa shape index (κ3) is 1.90. The summed E-state index contributed by atoms with van der Waals surface area (Å²) in [6.45, 7) is 0. The number of hydrogen-bond donors (Lipinski definition) is 0. The maximum absolute atomic E-state index is 11.2. The number of esters is 1. The molecule has 1 aliphatic carbocycles. The predicted molar refractivity (Wildman–Crippen MR) is 55.7 cm³/mol. The molecule has 1 saturated carbocycles. The van der Waals surface area contributed by atoms with Gasteiger partial charge < -0.3 is 4.74 Å². The number of carbonyl (C=O) groups excluding carboxylic acids is 2. The van der Waals surface area contributed by atoms with Gasteiger partial charge in [0.05, 0.1) is 13.2 Å². The Kier molecular flexibility index (Phi) is 2.88. The fraction of sp³-hybridized carbons (Fsp3) is 0.455. The molecule has 2 rings (SSSR count). The monoisotopic (exact) mass is 220 g/mol. The van der Waals surface area contributed by atoms with Gasteiger partial charge in [-0.3, -0.25) is 4.68 Å². The molecule has 0 amide bonds. The van der Waals surface area contributed by atoms with Gasteiger partial charge in [-0.05, 0) is 18.9 Å². The van der Waals surface area contributed by atoms with Crippen molar-refractivity contribution in [2.45, 2.75) is 25.3 Å². The van der Waals surface area contributed by atoms with Crippen LogP contribution in [0.3, 0.4) is 0 Å². The van der Waals surface area contributed by atoms with E-state index in [2.05, 4.69) is 9.84 Å². The summed E-state index contributed by atoms with van der Waals surface area (Å²) in [5.41, 5.74) is 1.09. The Bertz CT molecular complexity index is 458. The van der Waals surface area contributed by atoms with E-state index in [4.69, 9.17) is 0 Å². The molecule has 84 valence electrons. The molecule has 0 aliphatic heterocycles. The Morgan fingerprint density at radius 3 is 3.12 bits per heavy atom. The fourth-order valence-electron chi connectivity index (χ4n) is 1.90. The first-order chi connectivity index (χ1) is 7.74. The molecule has 0 spiro atoms. The second kappa shape index (κ2) is 4.33. The lowest BCUT2D eigenvalue weighted by atomic mass is 10.2. The minimum atomic E-state index is -0.442. The number of allylic oxidation sites excluding steroid dienone is 1. The molecule has 1 aliphatic rings. The molecule has 1 aromatic rings. The van der Waals surface area contributed by atoms with Crippen molar-refractivity contribution in [3.8, 4) is 0 Å². The van der Waals surface area contributed by atoms with Gasteiger partial charge in [0.15, 0.2) is 5.69 Å². The SMILES string of the molecule is COC(=O)c1ccn(C2CCC(=C=O)C2)n1. The van der Waals surface area contributed by atoms with Crippen molar-refractivity contribution in [3.05, 3.63) is 23.5 Å². The van der Waals surface area contributed by atoms with Crippen molar-refractivity contribution in [1.29, 1.82) is 0 Å². The van der Waals surface area contributed by atoms with Crippen LogP contribution in [0, 0.1) is 0 Å². The van der Waals surface area contributed by atoms with Crippen LogP contribution in [0.4, 0.5) is 0 Å². The normalized spacial score (nSPS) is 19.6. The quantitative estimate of drug-likeness (QED) is 0.554. The van der Waals surface area contributed by atoms with Crippen molar-refractivity contribution < 1.29 is 14.3 Å². The minimum Gasteiger partial charge on any atom is -0.464 e. The van der Waals surface area contributed by atoms with E-state index in [9.17, 15) is 9.59 Å². The Hall–Kier alpha value is -1.87. The molecule has 1 atom stereocenters. The van der Waals surface area contributed by atoms with E-state index in [1.54, 1.807) is 16.9 Å². The number of aromatic nitrogens is 2. The van der Waals surface area contributed by atoms with Crippen LogP contribution >= 0.6 is 0 Å². The summed E-state index contributed by atoms with van der Waals surface area (Å²) in [5.74, 6) is 1.50. The number of methoxy groups -OCH3 is 1. The number of rotatable bonds is 2. The molecule has 1 heterocycles. The van der Waals surface area contributed by atoms with Crippen LogP contribution in [0.15, 0.2) is 17.8 Å². The van der Waals surface area contributed by atoms with Crippen LogP contribution in [0.5, 0.6) is 0 Å². The molecule has 0 bridgehead atoms. The summed E-state index contributed by atoms with van der Waals surface area (Å²) in [5, 5.41) is 4.13. The summed E-state index contributed by atoms with van der Waals surface area (Å²) in [6.07, 6.45) is 4.05. The Labute approximate surface area is 92.7 Å². The zero-order valence-corrected chi connectivity index (χ0v) is 8.97. The smallest absolute Gasteiger partial charge is 0.358 e. The maximum atomic E-state index is 11.2. The van der Waals surface area contributed by atoms with Gasteiger partial charge in [0.25, 0.3) is 0 Å². The lowest BCUT2D eigenvalue weighted by molar-refractivity contribution is 0.0592. The van der Waals surface area contributed by atoms with Crippen LogP contribution in [0.1, 0.15) is 35.8 Å². The van der Waals surface area contributed by atoms with Crippen molar-refractivity contribution in [3.63, 3.8) is 0 Å². The number of hydrogen-bond acceptors (Lipinski definition) is 4. The minimum absolute atomic E-state index is 0.162. The second-order valence-electron chi connectivity index (χ2n) is 3.77. The van der Waals surface area contributed by atoms with Gasteiger partial charge in [0.1, 0.15) is 5.94 Å². The second-order valence-corrected chi connectivity index (χ2v) is 3.77. The first-order valence-corrected chi connectivity index (χ1v) is 5.11. The van der Waals surface area contributed by atoms with Crippen LogP contribution in [-0.4, -0.2) is 28.8 Å². The highest BCUT2D eigenvalue weighted by molar-refractivity contribution is 5.86. The predicted octanol–water partition coefficient (Wildman–Crippen LogP) is 1.15. The van der Waals surface area contributed by atoms with E-state index in [1.807, 2.05) is 5.94 Å². The van der Waals surface area contributed by atoms with Gasteiger partial charge in [0.2, 0.25) is 0 Å². The summed E-state index contributed by atoms with van der Waals surface area (Å²) in [4.78, 5) is 21.7. The molecule has 1 unspecified atom stereocenters. The zero-order chi connectivity index (χ0) is 11.5. The number of carbonyl (C=O) groups is 1. The summed E-state index contributed by atoms with van der Waals surface area (Å²) in [7, 11) is 1.32. The molecule has 1 aromatic heterocycles. The van der Waals surface area contributed by atoms with Gasteiger partial charge >= 0.3 is 5.97 Å². The molecule has 5 nitrogen and oxygen atoms in total. The highest BCUT2D eigenvalue weighted by Crippen LogP contribution is 2.31. The van der Waals surface area contributed by atoms with E-state index >= 15 is 0 Å². The van der Waals surface area contributed by atoms with Crippen molar-refractivity contribution in [2.75, 3.05) is 7.11 Å². The molecule has 0 N–H and O–H groups in total. The molecule has 5 heteroatoms. The van der Waals surface area contributed by atoms with Crippen LogP contribution in [0.2, 0.25) is 0 Å². The summed E-state index contributed by atoms with van der Waals surface area (Å²) < 4.78 is 6.29. The van der Waals surface area contributed by atoms with Crippen LogP contribution in [0.25, 0.3) is 0 Å². The Balaban J connectivity index is 2.14. The standard InChI is InChI=1S/C11H12N2O3/c1-16-11(15)10-4-5-13(12-10)9-3-2-8(6-9)7-14/h4-5,9H,2-3,6H2,1H3. The topological polar surface area (TPSA) is 61.2 Å². The number of ether oxygens (including phenoxy) is 1. The van der Waals surface area contributed by atoms with Crippen molar-refractivity contribution in [1.82, 2.24) is 9.78 Å². The zero-order valence-electron chi connectivity index (χ0n) is 8.97. The molecule has 0 aromatic carbocycles. The lowest BCUT2D eigenvalue weighted by Gasteiger charge is -2.07. The van der Waals surface area contributed by atoms with E-state index in [1.165, 1.54) is 7.11 Å². The molecule has 0 radical (unpaired) electrons. The van der Waals surface area contributed by atoms with Gasteiger partial charge in [0, 0.05) is 18.2 Å². The molecular formula is C11H12N2O3. The third-order valence-electron chi connectivity index (χ3n) is 2.78. The lowest BCUT2D eigenvalue weighted by Crippen LogP contribution is -2.08. The van der Waals surface area contributed by atoms with E-state index < -0.39 is 5.97 Å². The number of nitrogens with zero attached hydrogens (tertiary/aromatic N) is 2. The highest BCUT2D eigenvalue weighted by atomic mass is 16.5. The fourth-order valence-corrected chi connectivity index (χ4v) is 1.90. The third-order valence-corrected chi connectivity index (χ3v) is 2.78. The summed E-state index contributed by atoms with van der Waals surface area (Å²) >= 11 is 0. The molecular weight excluding hydrogens is 208 g/mol. The average molecular weight is 220 g/mol. The van der Waals surface area contributed by atoms with E-state index in [-0.39, 0.29) is 6.04 Å².